The van der Waals surface area contributed by atoms with E-state index in [0.717, 1.165) is 0 Å². The highest BCUT2D eigenvalue weighted by Crippen LogP contribution is 2.22. The summed E-state index contributed by atoms with van der Waals surface area (Å²) in [6.45, 7) is 3.88. The first-order valence-corrected chi connectivity index (χ1v) is 5.90. The number of aliphatic hydroxyl groups excluding tert-OH is 1. The lowest BCUT2D eigenvalue weighted by Crippen LogP contribution is -2.05. The fraction of sp³-hybridized carbons (Fsp3) is 0.600. The van der Waals surface area contributed by atoms with Gasteiger partial charge in [0.05, 0.1) is 5.69 Å². The summed E-state index contributed by atoms with van der Waals surface area (Å²) in [5, 5.41) is 9.22. The van der Waals surface area contributed by atoms with Crippen molar-refractivity contribution in [2.24, 2.45) is 5.92 Å². The van der Waals surface area contributed by atoms with E-state index in [9.17, 15) is 4.39 Å². The summed E-state index contributed by atoms with van der Waals surface area (Å²) in [4.78, 5) is 7.74. The largest absolute Gasteiger partial charge is 0.396 e. The second kappa shape index (κ2) is 6.02. The molecule has 0 spiro atoms. The number of nitrogens with zero attached hydrogens (tertiary/aromatic N) is 2. The van der Waals surface area contributed by atoms with Crippen LogP contribution in [0.1, 0.15) is 19.5 Å². The monoisotopic (exact) mass is 230 g/mol. The van der Waals surface area contributed by atoms with Gasteiger partial charge in [0.15, 0.2) is 5.82 Å². The van der Waals surface area contributed by atoms with Crippen molar-refractivity contribution in [3.05, 3.63) is 17.8 Å². The zero-order chi connectivity index (χ0) is 11.3. The molecule has 1 rings (SSSR count). The van der Waals surface area contributed by atoms with Crippen LogP contribution in [-0.4, -0.2) is 27.4 Å². The minimum atomic E-state index is -0.324. The zero-order valence-corrected chi connectivity index (χ0v) is 9.72. The molecular formula is C10H15FN2OS. The Kier molecular flexibility index (Phi) is 4.98. The lowest BCUT2D eigenvalue weighted by atomic mass is 10.2. The second-order valence-electron chi connectivity index (χ2n) is 3.39. The van der Waals surface area contributed by atoms with E-state index < -0.39 is 0 Å². The molecule has 0 aliphatic heterocycles. The average Bonchev–Trinajstić information content (AvgIpc) is 2.27. The highest BCUT2D eigenvalue weighted by atomic mass is 32.2. The third-order valence-electron chi connectivity index (χ3n) is 1.98. The maximum absolute atomic E-state index is 13.6. The Bertz CT molecular complexity index is 322. The van der Waals surface area contributed by atoms with Crippen molar-refractivity contribution in [2.75, 3.05) is 12.4 Å². The van der Waals surface area contributed by atoms with Gasteiger partial charge >= 0.3 is 0 Å². The molecule has 1 unspecified atom stereocenters. The Morgan fingerprint density at radius 3 is 2.87 bits per heavy atom. The van der Waals surface area contributed by atoms with Gasteiger partial charge < -0.3 is 5.11 Å². The van der Waals surface area contributed by atoms with E-state index in [2.05, 4.69) is 9.97 Å². The highest BCUT2D eigenvalue weighted by Gasteiger charge is 2.11. The third kappa shape index (κ3) is 3.43. The molecule has 5 heteroatoms. The molecule has 1 N–H and O–H groups in total. The van der Waals surface area contributed by atoms with E-state index in [1.807, 2.05) is 13.8 Å². The standard InChI is InChI=1S/C10H15FN2OS/c1-3-8-9(11)10(13-6-12-8)15-5-7(2)4-14/h6-7,14H,3-5H2,1-2H3. The average molecular weight is 230 g/mol. The van der Waals surface area contributed by atoms with E-state index in [-0.39, 0.29) is 18.3 Å². The van der Waals surface area contributed by atoms with Crippen LogP contribution >= 0.6 is 11.8 Å². The summed E-state index contributed by atoms with van der Waals surface area (Å²) in [5.74, 6) is 0.484. The van der Waals surface area contributed by atoms with Crippen LogP contribution in [0.4, 0.5) is 4.39 Å². The SMILES string of the molecule is CCc1ncnc(SCC(C)CO)c1F. The van der Waals surface area contributed by atoms with Crippen LogP contribution in [-0.2, 0) is 6.42 Å². The summed E-state index contributed by atoms with van der Waals surface area (Å²) in [6.07, 6.45) is 1.95. The third-order valence-corrected chi connectivity index (χ3v) is 3.27. The summed E-state index contributed by atoms with van der Waals surface area (Å²) < 4.78 is 13.6. The van der Waals surface area contributed by atoms with Gasteiger partial charge in [0, 0.05) is 12.4 Å². The predicted octanol–water partition coefficient (Wildman–Crippen LogP) is 1.90. The van der Waals surface area contributed by atoms with Crippen LogP contribution in [0.25, 0.3) is 0 Å². The van der Waals surface area contributed by atoms with Gasteiger partial charge in [-0.3, -0.25) is 0 Å². The fourth-order valence-corrected chi connectivity index (χ4v) is 1.92. The first-order chi connectivity index (χ1) is 7.19. The van der Waals surface area contributed by atoms with Crippen LogP contribution in [0.15, 0.2) is 11.4 Å². The first-order valence-electron chi connectivity index (χ1n) is 4.92. The molecule has 1 heterocycles. The smallest absolute Gasteiger partial charge is 0.176 e. The first kappa shape index (κ1) is 12.4. The molecule has 0 aromatic carbocycles. The van der Waals surface area contributed by atoms with Crippen LogP contribution in [0.3, 0.4) is 0 Å². The van der Waals surface area contributed by atoms with Gasteiger partial charge in [0.1, 0.15) is 11.4 Å². The zero-order valence-electron chi connectivity index (χ0n) is 8.90. The number of aliphatic hydroxyl groups is 1. The van der Waals surface area contributed by atoms with E-state index in [1.54, 1.807) is 0 Å². The van der Waals surface area contributed by atoms with E-state index in [0.29, 0.717) is 22.9 Å². The molecule has 15 heavy (non-hydrogen) atoms. The summed E-state index contributed by atoms with van der Waals surface area (Å²) in [6, 6.07) is 0. The quantitative estimate of drug-likeness (QED) is 0.620. The number of aromatic nitrogens is 2. The maximum atomic E-state index is 13.6. The second-order valence-corrected chi connectivity index (χ2v) is 4.40. The van der Waals surface area contributed by atoms with Crippen molar-refractivity contribution in [3.8, 4) is 0 Å². The molecule has 0 amide bonds. The lowest BCUT2D eigenvalue weighted by Gasteiger charge is -2.08. The van der Waals surface area contributed by atoms with E-state index in [4.69, 9.17) is 5.11 Å². The molecule has 0 aliphatic rings. The lowest BCUT2D eigenvalue weighted by molar-refractivity contribution is 0.250. The van der Waals surface area contributed by atoms with Gasteiger partial charge in [-0.25, -0.2) is 14.4 Å². The molecule has 0 radical (unpaired) electrons. The van der Waals surface area contributed by atoms with Gasteiger partial charge in [-0.1, -0.05) is 13.8 Å². The number of hydrogen-bond donors (Lipinski definition) is 1. The van der Waals surface area contributed by atoms with Crippen LogP contribution in [0.2, 0.25) is 0 Å². The molecule has 84 valence electrons. The Morgan fingerprint density at radius 2 is 2.27 bits per heavy atom. The van der Waals surface area contributed by atoms with Gasteiger partial charge in [0.25, 0.3) is 0 Å². The number of aryl methyl sites for hydroxylation is 1. The van der Waals surface area contributed by atoms with Gasteiger partial charge in [-0.15, -0.1) is 11.8 Å². The highest BCUT2D eigenvalue weighted by molar-refractivity contribution is 7.99. The van der Waals surface area contributed by atoms with Gasteiger partial charge in [-0.2, -0.15) is 0 Å². The molecule has 0 saturated carbocycles. The molecule has 1 aromatic heterocycles. The molecule has 0 aliphatic carbocycles. The van der Waals surface area contributed by atoms with Crippen molar-refractivity contribution in [1.29, 1.82) is 0 Å². The molecule has 0 saturated heterocycles. The molecule has 3 nitrogen and oxygen atoms in total. The minimum Gasteiger partial charge on any atom is -0.396 e. The van der Waals surface area contributed by atoms with Crippen LogP contribution < -0.4 is 0 Å². The molecule has 1 atom stereocenters. The normalized spacial score (nSPS) is 12.8. The number of thioether (sulfide) groups is 1. The molecular weight excluding hydrogens is 215 g/mol. The van der Waals surface area contributed by atoms with Crippen molar-refractivity contribution in [3.63, 3.8) is 0 Å². The Hall–Kier alpha value is -0.680. The molecule has 0 fully saturated rings. The molecule has 0 bridgehead atoms. The van der Waals surface area contributed by atoms with Crippen molar-refractivity contribution in [1.82, 2.24) is 9.97 Å². The van der Waals surface area contributed by atoms with Crippen LogP contribution in [0, 0.1) is 11.7 Å². The summed E-state index contributed by atoms with van der Waals surface area (Å²) in [7, 11) is 0. The number of halogens is 1. The molecule has 1 aromatic rings. The Balaban J connectivity index is 2.68. The maximum Gasteiger partial charge on any atom is 0.176 e. The summed E-state index contributed by atoms with van der Waals surface area (Å²) >= 11 is 1.32. The number of hydrogen-bond acceptors (Lipinski definition) is 4. The van der Waals surface area contributed by atoms with Gasteiger partial charge in [-0.05, 0) is 12.3 Å². The predicted molar refractivity (Wildman–Crippen MR) is 58.3 cm³/mol. The summed E-state index contributed by atoms with van der Waals surface area (Å²) in [5.41, 5.74) is 0.448. The Labute approximate surface area is 93.1 Å². The van der Waals surface area contributed by atoms with E-state index >= 15 is 0 Å². The Morgan fingerprint density at radius 1 is 1.53 bits per heavy atom. The number of rotatable bonds is 5. The van der Waals surface area contributed by atoms with Crippen molar-refractivity contribution < 1.29 is 9.50 Å². The fourth-order valence-electron chi connectivity index (χ4n) is 1.01. The van der Waals surface area contributed by atoms with Crippen molar-refractivity contribution in [2.45, 2.75) is 25.3 Å². The van der Waals surface area contributed by atoms with Crippen LogP contribution in [0.5, 0.6) is 0 Å². The topological polar surface area (TPSA) is 46.0 Å². The van der Waals surface area contributed by atoms with Crippen molar-refractivity contribution >= 4 is 11.8 Å². The van der Waals surface area contributed by atoms with E-state index in [1.165, 1.54) is 18.1 Å². The minimum absolute atomic E-state index is 0.111. The van der Waals surface area contributed by atoms with Gasteiger partial charge in [0.2, 0.25) is 0 Å².